The highest BCUT2D eigenvalue weighted by molar-refractivity contribution is 6.08. The molecule has 5 nitrogen and oxygen atoms in total. The van der Waals surface area contributed by atoms with Crippen molar-refractivity contribution in [3.8, 4) is 22.7 Å². The Morgan fingerprint density at radius 1 is 0.757 bits per heavy atom. The number of aromatic nitrogens is 1. The fraction of sp³-hybridized carbons (Fsp3) is 0. The number of amides is 1. The molecule has 1 amide bonds. The molecule has 0 aliphatic rings. The second kappa shape index (κ2) is 9.47. The van der Waals surface area contributed by atoms with E-state index in [0.717, 1.165) is 44.2 Å². The van der Waals surface area contributed by atoms with Gasteiger partial charge in [-0.2, -0.15) is 5.10 Å². The molecule has 0 bridgehead atoms. The number of carbonyl (C=O) groups excluding carboxylic acids is 1. The Bertz CT molecular complexity index is 1770. The van der Waals surface area contributed by atoms with E-state index in [2.05, 4.69) is 51.5 Å². The first-order valence-corrected chi connectivity index (χ1v) is 12.0. The summed E-state index contributed by atoms with van der Waals surface area (Å²) >= 11 is 0. The van der Waals surface area contributed by atoms with Crippen LogP contribution in [0.4, 0.5) is 0 Å². The van der Waals surface area contributed by atoms with E-state index < -0.39 is 5.91 Å². The zero-order chi connectivity index (χ0) is 25.2. The van der Waals surface area contributed by atoms with Crippen molar-refractivity contribution in [2.75, 3.05) is 0 Å². The van der Waals surface area contributed by atoms with E-state index >= 15 is 0 Å². The molecule has 5 aromatic carbocycles. The van der Waals surface area contributed by atoms with Crippen molar-refractivity contribution < 1.29 is 9.90 Å². The first kappa shape index (κ1) is 22.3. The van der Waals surface area contributed by atoms with Crippen LogP contribution in [0.15, 0.2) is 126 Å². The van der Waals surface area contributed by atoms with Gasteiger partial charge in [0.05, 0.1) is 23.0 Å². The summed E-state index contributed by atoms with van der Waals surface area (Å²) in [6, 6.07) is 39.3. The number of phenols is 1. The molecule has 0 radical (unpaired) electrons. The van der Waals surface area contributed by atoms with Gasteiger partial charge in [0.1, 0.15) is 5.75 Å². The van der Waals surface area contributed by atoms with Crippen LogP contribution in [0, 0.1) is 0 Å². The number of phenolic OH excluding ortho intramolecular Hbond substituents is 1. The molecule has 0 aliphatic carbocycles. The summed E-state index contributed by atoms with van der Waals surface area (Å²) in [6.45, 7) is 0. The van der Waals surface area contributed by atoms with Crippen LogP contribution in [0.3, 0.4) is 0 Å². The minimum atomic E-state index is -0.479. The van der Waals surface area contributed by atoms with Crippen molar-refractivity contribution in [2.24, 2.45) is 5.10 Å². The third-order valence-electron chi connectivity index (χ3n) is 6.44. The predicted octanol–water partition coefficient (Wildman–Crippen LogP) is 6.92. The summed E-state index contributed by atoms with van der Waals surface area (Å²) in [5.74, 6) is -0.565. The fourth-order valence-corrected chi connectivity index (χ4v) is 4.75. The smallest absolute Gasteiger partial charge is 0.275 e. The van der Waals surface area contributed by atoms with Crippen LogP contribution in [0.1, 0.15) is 15.9 Å². The van der Waals surface area contributed by atoms with E-state index in [1.807, 2.05) is 72.8 Å². The highest BCUT2D eigenvalue weighted by Crippen LogP contribution is 2.35. The number of fused-ring (bicyclic) bond motifs is 2. The molecule has 37 heavy (non-hydrogen) atoms. The number of hydrogen-bond donors (Lipinski definition) is 2. The average molecular weight is 482 g/mol. The number of nitrogens with zero attached hydrogens (tertiary/aromatic N) is 2. The van der Waals surface area contributed by atoms with E-state index in [1.165, 1.54) is 0 Å². The van der Waals surface area contributed by atoms with Crippen molar-refractivity contribution in [1.29, 1.82) is 0 Å². The van der Waals surface area contributed by atoms with Gasteiger partial charge in [-0.1, -0.05) is 91.0 Å². The number of para-hydroxylation sites is 2. The van der Waals surface area contributed by atoms with Crippen molar-refractivity contribution >= 4 is 33.8 Å². The van der Waals surface area contributed by atoms with Gasteiger partial charge in [-0.25, -0.2) is 5.43 Å². The molecular formula is C32H23N3O2. The highest BCUT2D eigenvalue weighted by atomic mass is 16.3. The van der Waals surface area contributed by atoms with Crippen molar-refractivity contribution in [1.82, 2.24) is 9.99 Å². The maximum absolute atomic E-state index is 13.0. The van der Waals surface area contributed by atoms with Gasteiger partial charge in [-0.05, 0) is 46.7 Å². The lowest BCUT2D eigenvalue weighted by Gasteiger charge is -2.12. The molecule has 0 saturated heterocycles. The van der Waals surface area contributed by atoms with Crippen LogP contribution < -0.4 is 5.43 Å². The molecule has 178 valence electrons. The van der Waals surface area contributed by atoms with Crippen LogP contribution in [0.2, 0.25) is 0 Å². The summed E-state index contributed by atoms with van der Waals surface area (Å²) < 4.78 is 2.21. The Hall–Kier alpha value is -5.16. The molecule has 0 saturated carbocycles. The first-order chi connectivity index (χ1) is 18.2. The van der Waals surface area contributed by atoms with Gasteiger partial charge in [0.25, 0.3) is 5.91 Å². The Morgan fingerprint density at radius 2 is 1.38 bits per heavy atom. The van der Waals surface area contributed by atoms with E-state index in [9.17, 15) is 9.90 Å². The summed E-state index contributed by atoms with van der Waals surface area (Å²) in [5.41, 5.74) is 7.73. The van der Waals surface area contributed by atoms with Crippen molar-refractivity contribution in [3.63, 3.8) is 0 Å². The van der Waals surface area contributed by atoms with Crippen LogP contribution in [0.25, 0.3) is 38.6 Å². The van der Waals surface area contributed by atoms with Crippen molar-refractivity contribution in [3.05, 3.63) is 132 Å². The lowest BCUT2D eigenvalue weighted by molar-refractivity contribution is 0.0952. The third-order valence-corrected chi connectivity index (χ3v) is 6.44. The number of aromatic hydroxyl groups is 1. The Labute approximate surface area is 213 Å². The lowest BCUT2D eigenvalue weighted by atomic mass is 10.1. The number of hydrazone groups is 1. The molecule has 5 heteroatoms. The van der Waals surface area contributed by atoms with Crippen LogP contribution in [-0.4, -0.2) is 21.8 Å². The minimum Gasteiger partial charge on any atom is -0.507 e. The zero-order valence-corrected chi connectivity index (χ0v) is 19.9. The minimum absolute atomic E-state index is 0.0861. The first-order valence-electron chi connectivity index (χ1n) is 12.0. The van der Waals surface area contributed by atoms with Gasteiger partial charge in [0, 0.05) is 16.6 Å². The molecule has 6 rings (SSSR count). The number of nitrogens with one attached hydrogen (secondary N) is 1. The Kier molecular flexibility index (Phi) is 5.71. The summed E-state index contributed by atoms with van der Waals surface area (Å²) in [6.07, 6.45) is 1.68. The number of carbonyl (C=O) groups is 1. The van der Waals surface area contributed by atoms with Gasteiger partial charge in [-0.3, -0.25) is 4.79 Å². The molecule has 0 fully saturated rings. The number of rotatable bonds is 5. The standard InChI is InChI=1S/C32H23N3O2/c36-30-20-24-14-8-7-13-23(24)19-27(30)32(37)34-33-21-28-26-17-9-10-18-29(26)35(25-15-5-2-6-16-25)31(28)22-11-3-1-4-12-22/h1-21,36H,(H,34,37). The largest absolute Gasteiger partial charge is 0.507 e. The summed E-state index contributed by atoms with van der Waals surface area (Å²) in [5, 5.41) is 17.5. The van der Waals surface area contributed by atoms with E-state index in [0.29, 0.717) is 0 Å². The summed E-state index contributed by atoms with van der Waals surface area (Å²) in [4.78, 5) is 13.0. The number of hydrogen-bond acceptors (Lipinski definition) is 3. The van der Waals surface area contributed by atoms with Gasteiger partial charge in [-0.15, -0.1) is 0 Å². The van der Waals surface area contributed by atoms with Crippen molar-refractivity contribution in [2.45, 2.75) is 0 Å². The molecule has 1 heterocycles. The van der Waals surface area contributed by atoms with Gasteiger partial charge in [0.2, 0.25) is 0 Å². The molecule has 2 N–H and O–H groups in total. The van der Waals surface area contributed by atoms with Gasteiger partial charge >= 0.3 is 0 Å². The topological polar surface area (TPSA) is 66.6 Å². The van der Waals surface area contributed by atoms with E-state index in [-0.39, 0.29) is 11.3 Å². The van der Waals surface area contributed by atoms with Crippen LogP contribution >= 0.6 is 0 Å². The molecule has 0 aliphatic heterocycles. The second-order valence-electron chi connectivity index (χ2n) is 8.73. The number of benzene rings is 5. The second-order valence-corrected chi connectivity index (χ2v) is 8.73. The van der Waals surface area contributed by atoms with Gasteiger partial charge < -0.3 is 9.67 Å². The monoisotopic (exact) mass is 481 g/mol. The van der Waals surface area contributed by atoms with Crippen LogP contribution in [-0.2, 0) is 0 Å². The SMILES string of the molecule is O=C(NN=Cc1c(-c2ccccc2)n(-c2ccccc2)c2ccccc12)c1cc2ccccc2cc1O. The van der Waals surface area contributed by atoms with E-state index in [1.54, 1.807) is 18.3 Å². The predicted molar refractivity (Wildman–Crippen MR) is 149 cm³/mol. The highest BCUT2D eigenvalue weighted by Gasteiger charge is 2.19. The Balaban J connectivity index is 1.44. The quantitative estimate of drug-likeness (QED) is 0.207. The molecule has 0 atom stereocenters. The maximum atomic E-state index is 13.0. The normalized spacial score (nSPS) is 11.4. The van der Waals surface area contributed by atoms with Crippen LogP contribution in [0.5, 0.6) is 5.75 Å². The maximum Gasteiger partial charge on any atom is 0.275 e. The molecule has 0 spiro atoms. The molecule has 6 aromatic rings. The zero-order valence-electron chi connectivity index (χ0n) is 19.9. The molecular weight excluding hydrogens is 458 g/mol. The van der Waals surface area contributed by atoms with Gasteiger partial charge in [0.15, 0.2) is 0 Å². The summed E-state index contributed by atoms with van der Waals surface area (Å²) in [7, 11) is 0. The molecule has 0 unspecified atom stereocenters. The lowest BCUT2D eigenvalue weighted by Crippen LogP contribution is -2.17. The van der Waals surface area contributed by atoms with E-state index in [4.69, 9.17) is 0 Å². The third kappa shape index (κ3) is 4.13. The fourth-order valence-electron chi connectivity index (χ4n) is 4.75. The Morgan fingerprint density at radius 3 is 2.14 bits per heavy atom. The average Bonchev–Trinajstić information content (AvgIpc) is 3.28. The molecule has 1 aromatic heterocycles.